The van der Waals surface area contributed by atoms with Crippen LogP contribution >= 0.6 is 22.6 Å². The van der Waals surface area contributed by atoms with Gasteiger partial charge in [0.25, 0.3) is 0 Å². The molecule has 1 aromatic rings. The molecule has 0 bridgehead atoms. The lowest BCUT2D eigenvalue weighted by Gasteiger charge is -2.08. The molecule has 0 heterocycles. The lowest BCUT2D eigenvalue weighted by atomic mass is 10.1. The van der Waals surface area contributed by atoms with Crippen molar-refractivity contribution >= 4 is 34.2 Å². The number of benzene rings is 1. The Hall–Kier alpha value is -1.60. The highest BCUT2D eigenvalue weighted by Crippen LogP contribution is 2.19. The van der Waals surface area contributed by atoms with Crippen molar-refractivity contribution < 1.29 is 9.63 Å². The van der Waals surface area contributed by atoms with Crippen LogP contribution < -0.4 is 0 Å². The average Bonchev–Trinajstić information content (AvgIpc) is 2.40. The first-order valence-electron chi connectivity index (χ1n) is 5.62. The van der Waals surface area contributed by atoms with Gasteiger partial charge in [0.15, 0.2) is 0 Å². The number of hydrogen-bond acceptors (Lipinski definition) is 3. The van der Waals surface area contributed by atoms with Crippen LogP contribution in [0.25, 0.3) is 10.4 Å². The first-order chi connectivity index (χ1) is 9.10. The second-order valence-electron chi connectivity index (χ2n) is 3.71. The summed E-state index contributed by atoms with van der Waals surface area (Å²) in [6, 6.07) is 5.18. The Labute approximate surface area is 124 Å². The van der Waals surface area contributed by atoms with Crippen molar-refractivity contribution in [3.05, 3.63) is 43.3 Å². The minimum Gasteiger partial charge on any atom is -0.391 e. The minimum atomic E-state index is -0.615. The maximum Gasteiger partial charge on any atom is 0.249 e. The first kappa shape index (κ1) is 15.5. The van der Waals surface area contributed by atoms with Gasteiger partial charge in [0.2, 0.25) is 5.91 Å². The molecule has 0 saturated heterocycles. The van der Waals surface area contributed by atoms with E-state index in [2.05, 4.69) is 37.8 Å². The summed E-state index contributed by atoms with van der Waals surface area (Å²) in [5, 5.41) is 7.03. The van der Waals surface area contributed by atoms with Crippen LogP contribution in [-0.2, 0) is 11.4 Å². The lowest BCUT2D eigenvalue weighted by Crippen LogP contribution is -2.04. The van der Waals surface area contributed by atoms with Gasteiger partial charge in [-0.05, 0) is 52.6 Å². The van der Waals surface area contributed by atoms with Crippen molar-refractivity contribution in [2.24, 2.45) is 10.3 Å². The number of amides is 1. The van der Waals surface area contributed by atoms with Crippen LogP contribution in [-0.4, -0.2) is 11.6 Å². The van der Waals surface area contributed by atoms with E-state index in [1.165, 1.54) is 0 Å². The van der Waals surface area contributed by atoms with E-state index in [0.717, 1.165) is 15.7 Å². The molecule has 19 heavy (non-hydrogen) atoms. The molecule has 0 radical (unpaired) electrons. The normalized spacial score (nSPS) is 10.8. The highest BCUT2D eigenvalue weighted by Gasteiger charge is 2.13. The number of nitrogens with zero attached hydrogens (tertiary/aromatic N) is 4. The summed E-state index contributed by atoms with van der Waals surface area (Å²) in [5.74, 6) is -0.615. The Morgan fingerprint density at radius 2 is 2.26 bits per heavy atom. The molecule has 0 aliphatic carbocycles. The average molecular weight is 372 g/mol. The van der Waals surface area contributed by atoms with Crippen molar-refractivity contribution in [3.8, 4) is 0 Å². The van der Waals surface area contributed by atoms with Gasteiger partial charge in [0.1, 0.15) is 6.61 Å². The van der Waals surface area contributed by atoms with Crippen molar-refractivity contribution in [1.82, 2.24) is 0 Å². The van der Waals surface area contributed by atoms with Crippen molar-refractivity contribution in [2.45, 2.75) is 26.9 Å². The maximum absolute atomic E-state index is 11.7. The third kappa shape index (κ3) is 4.53. The molecule has 100 valence electrons. The SMILES string of the molecule is CCC(C)=NOCc1c(I)cccc1C(=O)N=[N+]=[N-]. The van der Waals surface area contributed by atoms with Gasteiger partial charge in [0, 0.05) is 19.6 Å². The predicted octanol–water partition coefficient (Wildman–Crippen LogP) is 4.04. The Balaban J connectivity index is 2.98. The van der Waals surface area contributed by atoms with Gasteiger partial charge in [-0.1, -0.05) is 24.2 Å². The fourth-order valence-electron chi connectivity index (χ4n) is 1.27. The molecule has 0 N–H and O–H groups in total. The van der Waals surface area contributed by atoms with Crippen LogP contribution in [0.2, 0.25) is 0 Å². The van der Waals surface area contributed by atoms with E-state index in [1.54, 1.807) is 12.1 Å². The van der Waals surface area contributed by atoms with Crippen LogP contribution in [0.1, 0.15) is 36.2 Å². The fraction of sp³-hybridized carbons (Fsp3) is 0.333. The molecular formula is C12H13IN4O2. The monoisotopic (exact) mass is 372 g/mol. The smallest absolute Gasteiger partial charge is 0.249 e. The van der Waals surface area contributed by atoms with Gasteiger partial charge < -0.3 is 4.84 Å². The number of rotatable bonds is 5. The fourth-order valence-corrected chi connectivity index (χ4v) is 1.93. The molecule has 0 fully saturated rings. The Bertz CT molecular complexity index is 551. The van der Waals surface area contributed by atoms with E-state index in [4.69, 9.17) is 10.4 Å². The second-order valence-corrected chi connectivity index (χ2v) is 4.88. The highest BCUT2D eigenvalue weighted by atomic mass is 127. The van der Waals surface area contributed by atoms with Crippen molar-refractivity contribution in [2.75, 3.05) is 0 Å². The van der Waals surface area contributed by atoms with E-state index < -0.39 is 5.91 Å². The molecule has 0 aliphatic rings. The standard InChI is InChI=1S/C12H13IN4O2/c1-3-8(2)16-19-7-10-9(12(18)15-17-14)5-4-6-11(10)13/h4-6H,3,7H2,1-2H3. The van der Waals surface area contributed by atoms with Gasteiger partial charge in [-0.25, -0.2) is 0 Å². The zero-order valence-electron chi connectivity index (χ0n) is 10.6. The summed E-state index contributed by atoms with van der Waals surface area (Å²) >= 11 is 2.10. The van der Waals surface area contributed by atoms with Crippen LogP contribution in [0.15, 0.2) is 28.5 Å². The molecule has 0 unspecified atom stereocenters. The molecule has 1 aromatic carbocycles. The summed E-state index contributed by atoms with van der Waals surface area (Å²) in [6.07, 6.45) is 0.802. The van der Waals surface area contributed by atoms with Gasteiger partial charge in [-0.2, -0.15) is 0 Å². The number of hydrogen-bond donors (Lipinski definition) is 0. The van der Waals surface area contributed by atoms with E-state index in [0.29, 0.717) is 11.1 Å². The van der Waals surface area contributed by atoms with E-state index in [1.807, 2.05) is 19.9 Å². The summed E-state index contributed by atoms with van der Waals surface area (Å²) < 4.78 is 0.862. The maximum atomic E-state index is 11.7. The van der Waals surface area contributed by atoms with Gasteiger partial charge >= 0.3 is 0 Å². The molecule has 0 spiro atoms. The summed E-state index contributed by atoms with van der Waals surface area (Å²) in [4.78, 5) is 19.4. The lowest BCUT2D eigenvalue weighted by molar-refractivity contribution is 0.0988. The zero-order valence-corrected chi connectivity index (χ0v) is 12.8. The van der Waals surface area contributed by atoms with E-state index in [-0.39, 0.29) is 6.61 Å². The minimum absolute atomic E-state index is 0.165. The van der Waals surface area contributed by atoms with Crippen LogP contribution in [0.3, 0.4) is 0 Å². The van der Waals surface area contributed by atoms with Crippen LogP contribution in [0.5, 0.6) is 0 Å². The Kier molecular flexibility index (Phi) is 6.31. The van der Waals surface area contributed by atoms with E-state index in [9.17, 15) is 4.79 Å². The molecule has 0 aromatic heterocycles. The quantitative estimate of drug-likeness (QED) is 0.195. The number of oxime groups is 1. The number of azide groups is 1. The largest absolute Gasteiger partial charge is 0.391 e. The second kappa shape index (κ2) is 7.75. The Morgan fingerprint density at radius 3 is 2.89 bits per heavy atom. The number of carbonyl (C=O) groups excluding carboxylic acids is 1. The third-order valence-electron chi connectivity index (χ3n) is 2.43. The van der Waals surface area contributed by atoms with E-state index >= 15 is 0 Å². The highest BCUT2D eigenvalue weighted by molar-refractivity contribution is 14.1. The predicted molar refractivity (Wildman–Crippen MR) is 80.8 cm³/mol. The van der Waals surface area contributed by atoms with Gasteiger partial charge in [-0.15, -0.1) is 0 Å². The first-order valence-corrected chi connectivity index (χ1v) is 6.70. The molecule has 0 aliphatic heterocycles. The van der Waals surface area contributed by atoms with Crippen LogP contribution in [0, 0.1) is 3.57 Å². The molecular weight excluding hydrogens is 359 g/mol. The number of halogens is 1. The number of carbonyl (C=O) groups is 1. The summed E-state index contributed by atoms with van der Waals surface area (Å²) in [6.45, 7) is 4.01. The Morgan fingerprint density at radius 1 is 1.53 bits per heavy atom. The summed E-state index contributed by atoms with van der Waals surface area (Å²) in [5.41, 5.74) is 10.2. The molecule has 0 saturated carbocycles. The van der Waals surface area contributed by atoms with Crippen LogP contribution in [0.4, 0.5) is 0 Å². The third-order valence-corrected chi connectivity index (χ3v) is 3.44. The molecule has 6 nitrogen and oxygen atoms in total. The van der Waals surface area contributed by atoms with Crippen molar-refractivity contribution in [3.63, 3.8) is 0 Å². The van der Waals surface area contributed by atoms with Gasteiger partial charge in [-0.3, -0.25) is 4.79 Å². The zero-order chi connectivity index (χ0) is 14.3. The molecule has 0 atom stereocenters. The molecule has 7 heteroatoms. The topological polar surface area (TPSA) is 87.4 Å². The molecule has 1 amide bonds. The van der Waals surface area contributed by atoms with Crippen molar-refractivity contribution in [1.29, 1.82) is 0 Å². The molecule has 1 rings (SSSR count). The van der Waals surface area contributed by atoms with Gasteiger partial charge in [0.05, 0.1) is 5.71 Å². The summed E-state index contributed by atoms with van der Waals surface area (Å²) in [7, 11) is 0.